The Morgan fingerprint density at radius 2 is 2.00 bits per heavy atom. The molecular weight excluding hydrogens is 331 g/mol. The van der Waals surface area contributed by atoms with Crippen molar-refractivity contribution in [3.63, 3.8) is 0 Å². The summed E-state index contributed by atoms with van der Waals surface area (Å²) < 4.78 is 25.5. The molecule has 24 heavy (non-hydrogen) atoms. The second kappa shape index (κ2) is 7.03. The first kappa shape index (κ1) is 16.5. The van der Waals surface area contributed by atoms with Crippen molar-refractivity contribution in [2.24, 2.45) is 5.73 Å². The second-order valence-electron chi connectivity index (χ2n) is 5.29. The zero-order chi connectivity index (χ0) is 17.1. The Bertz CT molecular complexity index is 820. The van der Waals surface area contributed by atoms with Crippen molar-refractivity contribution in [2.75, 3.05) is 0 Å². The molecule has 0 fully saturated rings. The summed E-state index contributed by atoms with van der Waals surface area (Å²) >= 11 is 6.08. The van der Waals surface area contributed by atoms with Gasteiger partial charge in [0.1, 0.15) is 5.75 Å². The summed E-state index contributed by atoms with van der Waals surface area (Å²) in [6.07, 6.45) is 3.59. The molecule has 2 N–H and O–H groups in total. The summed E-state index contributed by atoms with van der Waals surface area (Å²) in [5.41, 5.74) is 7.15. The standard InChI is InChI=1S/C18H16ClFN2O2/c1-2-15(21)13-7-8-14(19)18(17(13)20)24-12-5-3-11(4-6-12)16-9-22-10-23-16/h3-10,15H,2,21H2,1H3/t15-/m1/s1. The van der Waals surface area contributed by atoms with Crippen LogP contribution in [0.5, 0.6) is 11.5 Å². The molecule has 0 saturated carbocycles. The summed E-state index contributed by atoms with van der Waals surface area (Å²) in [6.45, 7) is 1.89. The van der Waals surface area contributed by atoms with Crippen LogP contribution in [-0.2, 0) is 0 Å². The number of oxazole rings is 1. The van der Waals surface area contributed by atoms with Gasteiger partial charge in [0.15, 0.2) is 23.7 Å². The number of rotatable bonds is 5. The fraction of sp³-hybridized carbons (Fsp3) is 0.167. The second-order valence-corrected chi connectivity index (χ2v) is 5.69. The molecule has 1 aromatic heterocycles. The van der Waals surface area contributed by atoms with Gasteiger partial charge in [0.05, 0.1) is 11.2 Å². The third kappa shape index (κ3) is 3.27. The van der Waals surface area contributed by atoms with Gasteiger partial charge in [0, 0.05) is 17.2 Å². The van der Waals surface area contributed by atoms with E-state index in [1.807, 2.05) is 6.92 Å². The van der Waals surface area contributed by atoms with Crippen LogP contribution < -0.4 is 10.5 Å². The van der Waals surface area contributed by atoms with E-state index in [2.05, 4.69) is 4.98 Å². The minimum Gasteiger partial charge on any atom is -0.453 e. The van der Waals surface area contributed by atoms with Crippen LogP contribution in [0.3, 0.4) is 0 Å². The van der Waals surface area contributed by atoms with Crippen molar-refractivity contribution >= 4 is 11.6 Å². The van der Waals surface area contributed by atoms with Crippen molar-refractivity contribution in [3.05, 3.63) is 65.4 Å². The lowest BCUT2D eigenvalue weighted by Gasteiger charge is -2.15. The predicted molar refractivity (Wildman–Crippen MR) is 90.6 cm³/mol. The van der Waals surface area contributed by atoms with Crippen LogP contribution in [-0.4, -0.2) is 4.98 Å². The van der Waals surface area contributed by atoms with Crippen LogP contribution >= 0.6 is 11.6 Å². The van der Waals surface area contributed by atoms with Crippen LogP contribution in [0.15, 0.2) is 53.4 Å². The molecular formula is C18H16ClFN2O2. The molecule has 1 atom stereocenters. The smallest absolute Gasteiger partial charge is 0.181 e. The van der Waals surface area contributed by atoms with Gasteiger partial charge in [-0.2, -0.15) is 0 Å². The molecule has 3 rings (SSSR count). The van der Waals surface area contributed by atoms with E-state index in [9.17, 15) is 4.39 Å². The van der Waals surface area contributed by atoms with Gasteiger partial charge in [-0.1, -0.05) is 24.6 Å². The predicted octanol–water partition coefficient (Wildman–Crippen LogP) is 5.34. The van der Waals surface area contributed by atoms with Crippen LogP contribution in [0.25, 0.3) is 11.3 Å². The van der Waals surface area contributed by atoms with Crippen LogP contribution in [0.4, 0.5) is 4.39 Å². The molecule has 0 amide bonds. The lowest BCUT2D eigenvalue weighted by molar-refractivity contribution is 0.434. The molecule has 0 aliphatic carbocycles. The van der Waals surface area contributed by atoms with E-state index in [-0.39, 0.29) is 10.8 Å². The van der Waals surface area contributed by atoms with E-state index in [1.165, 1.54) is 6.39 Å². The first-order valence-electron chi connectivity index (χ1n) is 7.50. The minimum atomic E-state index is -0.531. The fourth-order valence-electron chi connectivity index (χ4n) is 2.31. The minimum absolute atomic E-state index is 0.0227. The highest BCUT2D eigenvalue weighted by Crippen LogP contribution is 2.36. The lowest BCUT2D eigenvalue weighted by atomic mass is 10.0. The molecule has 2 aromatic carbocycles. The van der Waals surface area contributed by atoms with Gasteiger partial charge in [-0.3, -0.25) is 0 Å². The summed E-state index contributed by atoms with van der Waals surface area (Å²) in [7, 11) is 0. The molecule has 0 unspecified atom stereocenters. The van der Waals surface area contributed by atoms with Gasteiger partial charge < -0.3 is 14.9 Å². The fourth-order valence-corrected chi connectivity index (χ4v) is 2.50. The van der Waals surface area contributed by atoms with Crippen LogP contribution in [0.2, 0.25) is 5.02 Å². The quantitative estimate of drug-likeness (QED) is 0.677. The Hall–Kier alpha value is -2.37. The third-order valence-corrected chi connectivity index (χ3v) is 4.01. The number of hydrogen-bond donors (Lipinski definition) is 1. The summed E-state index contributed by atoms with van der Waals surface area (Å²) in [4.78, 5) is 3.87. The van der Waals surface area contributed by atoms with Crippen molar-refractivity contribution in [2.45, 2.75) is 19.4 Å². The molecule has 0 aliphatic heterocycles. The van der Waals surface area contributed by atoms with Gasteiger partial charge >= 0.3 is 0 Å². The number of aromatic nitrogens is 1. The van der Waals surface area contributed by atoms with E-state index in [1.54, 1.807) is 42.6 Å². The average molecular weight is 347 g/mol. The Morgan fingerprint density at radius 1 is 1.25 bits per heavy atom. The molecule has 4 nitrogen and oxygen atoms in total. The van der Waals surface area contributed by atoms with Crippen molar-refractivity contribution in [1.29, 1.82) is 0 Å². The maximum absolute atomic E-state index is 14.6. The molecule has 0 spiro atoms. The van der Waals surface area contributed by atoms with Crippen molar-refractivity contribution < 1.29 is 13.5 Å². The Morgan fingerprint density at radius 3 is 2.62 bits per heavy atom. The van der Waals surface area contributed by atoms with Crippen molar-refractivity contribution in [3.8, 4) is 22.8 Å². The number of benzene rings is 2. The number of hydrogen-bond acceptors (Lipinski definition) is 4. The molecule has 0 saturated heterocycles. The maximum Gasteiger partial charge on any atom is 0.181 e. The third-order valence-electron chi connectivity index (χ3n) is 3.71. The Labute approximate surface area is 144 Å². The topological polar surface area (TPSA) is 61.3 Å². The largest absolute Gasteiger partial charge is 0.453 e. The van der Waals surface area contributed by atoms with Gasteiger partial charge in [-0.05, 0) is 36.8 Å². The highest BCUT2D eigenvalue weighted by atomic mass is 35.5. The molecule has 0 bridgehead atoms. The van der Waals surface area contributed by atoms with Gasteiger partial charge in [-0.25, -0.2) is 9.37 Å². The zero-order valence-corrected chi connectivity index (χ0v) is 13.8. The molecule has 0 aliphatic rings. The summed E-state index contributed by atoms with van der Waals surface area (Å²) in [5.74, 6) is 0.546. The van der Waals surface area contributed by atoms with Crippen molar-refractivity contribution in [1.82, 2.24) is 4.98 Å². The van der Waals surface area contributed by atoms with E-state index in [0.29, 0.717) is 23.5 Å². The number of halogens is 2. The number of nitrogens with zero attached hydrogens (tertiary/aromatic N) is 1. The molecule has 1 heterocycles. The molecule has 124 valence electrons. The van der Waals surface area contributed by atoms with E-state index in [4.69, 9.17) is 26.5 Å². The van der Waals surface area contributed by atoms with Gasteiger partial charge in [0.25, 0.3) is 0 Å². The monoisotopic (exact) mass is 346 g/mol. The molecule has 0 radical (unpaired) electrons. The van der Waals surface area contributed by atoms with Gasteiger partial charge in [0.2, 0.25) is 0 Å². The zero-order valence-electron chi connectivity index (χ0n) is 13.0. The highest BCUT2D eigenvalue weighted by Gasteiger charge is 2.18. The number of ether oxygens (including phenoxy) is 1. The SMILES string of the molecule is CC[C@@H](N)c1ccc(Cl)c(Oc2ccc(-c3cnco3)cc2)c1F. The Kier molecular flexibility index (Phi) is 4.83. The maximum atomic E-state index is 14.6. The van der Waals surface area contributed by atoms with E-state index < -0.39 is 11.9 Å². The van der Waals surface area contributed by atoms with Crippen LogP contribution in [0, 0.1) is 5.82 Å². The number of nitrogens with two attached hydrogens (primary N) is 1. The first-order chi connectivity index (χ1) is 11.6. The summed E-state index contributed by atoms with van der Waals surface area (Å²) in [6, 6.07) is 9.78. The van der Waals surface area contributed by atoms with E-state index >= 15 is 0 Å². The van der Waals surface area contributed by atoms with Crippen LogP contribution in [0.1, 0.15) is 24.9 Å². The Balaban J connectivity index is 1.88. The van der Waals surface area contributed by atoms with E-state index in [0.717, 1.165) is 5.56 Å². The van der Waals surface area contributed by atoms with Gasteiger partial charge in [-0.15, -0.1) is 0 Å². The highest BCUT2D eigenvalue weighted by molar-refractivity contribution is 6.32. The lowest BCUT2D eigenvalue weighted by Crippen LogP contribution is -2.11. The normalized spacial score (nSPS) is 12.2. The first-order valence-corrected chi connectivity index (χ1v) is 7.88. The molecule has 6 heteroatoms. The summed E-state index contributed by atoms with van der Waals surface area (Å²) in [5, 5.41) is 0.193. The molecule has 3 aromatic rings. The average Bonchev–Trinajstić information content (AvgIpc) is 3.13.